The number of aliphatic hydroxyl groups is 1. The molecule has 0 radical (unpaired) electrons. The Morgan fingerprint density at radius 3 is 2.41 bits per heavy atom. The normalized spacial score (nSPS) is 16.6. The minimum Gasteiger partial charge on any atom is -0.468 e. The summed E-state index contributed by atoms with van der Waals surface area (Å²) >= 11 is 0. The quantitative estimate of drug-likeness (QED) is 0.637. The molecule has 0 heterocycles. The summed E-state index contributed by atoms with van der Waals surface area (Å²) < 4.78 is 4.78. The van der Waals surface area contributed by atoms with E-state index in [0.717, 1.165) is 12.8 Å². The van der Waals surface area contributed by atoms with Crippen LogP contribution >= 0.6 is 0 Å². The lowest BCUT2D eigenvalue weighted by molar-refractivity contribution is -0.143. The highest BCUT2D eigenvalue weighted by Gasteiger charge is 2.26. The van der Waals surface area contributed by atoms with Crippen molar-refractivity contribution in [1.82, 2.24) is 5.32 Å². The molecule has 0 aromatic carbocycles. The Bertz CT molecular complexity index is 225. The summed E-state index contributed by atoms with van der Waals surface area (Å²) in [6, 6.07) is -0.280. The van der Waals surface area contributed by atoms with Crippen LogP contribution in [0.1, 0.15) is 40.5 Å². The third kappa shape index (κ3) is 6.03. The first-order valence-electron chi connectivity index (χ1n) is 6.30. The molecule has 102 valence electrons. The van der Waals surface area contributed by atoms with E-state index < -0.39 is 0 Å². The monoisotopic (exact) mass is 245 g/mol. The van der Waals surface area contributed by atoms with E-state index in [1.807, 2.05) is 13.8 Å². The number of esters is 1. The molecule has 0 aliphatic heterocycles. The third-order valence-corrected chi connectivity index (χ3v) is 3.20. The standard InChI is InChI=1S/C13H27NO3/c1-6-13(4,9-15)8-14-11(7-10(2)3)12(16)17-5/h10-11,14-15H,6-9H2,1-5H3. The zero-order valence-corrected chi connectivity index (χ0v) is 11.7. The van der Waals surface area contributed by atoms with E-state index in [0.29, 0.717) is 12.5 Å². The fourth-order valence-corrected chi connectivity index (χ4v) is 1.54. The molecule has 0 saturated heterocycles. The average Bonchev–Trinajstić information content (AvgIpc) is 2.32. The summed E-state index contributed by atoms with van der Waals surface area (Å²) in [6.07, 6.45) is 1.62. The maximum Gasteiger partial charge on any atom is 0.322 e. The van der Waals surface area contributed by atoms with E-state index in [1.54, 1.807) is 0 Å². The number of carbonyl (C=O) groups excluding carboxylic acids is 1. The van der Waals surface area contributed by atoms with Gasteiger partial charge in [-0.1, -0.05) is 27.7 Å². The van der Waals surface area contributed by atoms with Crippen molar-refractivity contribution in [2.45, 2.75) is 46.6 Å². The molecular weight excluding hydrogens is 218 g/mol. The lowest BCUT2D eigenvalue weighted by atomic mass is 9.88. The Morgan fingerprint density at radius 1 is 1.47 bits per heavy atom. The lowest BCUT2D eigenvalue weighted by Crippen LogP contribution is -2.45. The van der Waals surface area contributed by atoms with Gasteiger partial charge in [0.1, 0.15) is 6.04 Å². The largest absolute Gasteiger partial charge is 0.468 e. The highest BCUT2D eigenvalue weighted by Crippen LogP contribution is 2.19. The van der Waals surface area contributed by atoms with Crippen molar-refractivity contribution < 1.29 is 14.6 Å². The van der Waals surface area contributed by atoms with Crippen LogP contribution in [0.3, 0.4) is 0 Å². The molecule has 0 spiro atoms. The van der Waals surface area contributed by atoms with Gasteiger partial charge in [-0.2, -0.15) is 0 Å². The van der Waals surface area contributed by atoms with Crippen molar-refractivity contribution in [1.29, 1.82) is 0 Å². The van der Waals surface area contributed by atoms with Gasteiger partial charge in [0, 0.05) is 18.6 Å². The first-order chi connectivity index (χ1) is 7.88. The van der Waals surface area contributed by atoms with E-state index in [9.17, 15) is 9.90 Å². The van der Waals surface area contributed by atoms with Gasteiger partial charge in [0.05, 0.1) is 7.11 Å². The Hall–Kier alpha value is -0.610. The van der Waals surface area contributed by atoms with E-state index in [1.165, 1.54) is 7.11 Å². The molecule has 0 aliphatic carbocycles. The smallest absolute Gasteiger partial charge is 0.322 e. The van der Waals surface area contributed by atoms with Crippen molar-refractivity contribution >= 4 is 5.97 Å². The summed E-state index contributed by atoms with van der Waals surface area (Å²) in [5, 5.41) is 12.5. The van der Waals surface area contributed by atoms with E-state index >= 15 is 0 Å². The molecule has 0 rings (SSSR count). The van der Waals surface area contributed by atoms with Gasteiger partial charge < -0.3 is 15.2 Å². The van der Waals surface area contributed by atoms with Gasteiger partial charge in [0.25, 0.3) is 0 Å². The van der Waals surface area contributed by atoms with E-state index in [4.69, 9.17) is 4.74 Å². The number of ether oxygens (including phenoxy) is 1. The zero-order chi connectivity index (χ0) is 13.5. The van der Waals surface area contributed by atoms with Crippen LogP contribution in [-0.4, -0.2) is 37.4 Å². The number of nitrogens with one attached hydrogen (secondary N) is 1. The molecule has 0 aliphatic rings. The molecular formula is C13H27NO3. The Morgan fingerprint density at radius 2 is 2.06 bits per heavy atom. The van der Waals surface area contributed by atoms with Crippen LogP contribution in [0.25, 0.3) is 0 Å². The van der Waals surface area contributed by atoms with Crippen molar-refractivity contribution in [2.24, 2.45) is 11.3 Å². The molecule has 0 bridgehead atoms. The van der Waals surface area contributed by atoms with Crippen molar-refractivity contribution in [2.75, 3.05) is 20.3 Å². The molecule has 2 unspecified atom stereocenters. The van der Waals surface area contributed by atoms with Crippen LogP contribution in [0.5, 0.6) is 0 Å². The van der Waals surface area contributed by atoms with Gasteiger partial charge in [0.2, 0.25) is 0 Å². The summed E-state index contributed by atoms with van der Waals surface area (Å²) in [4.78, 5) is 11.6. The lowest BCUT2D eigenvalue weighted by Gasteiger charge is -2.28. The molecule has 0 fully saturated rings. The minimum absolute atomic E-state index is 0.117. The molecule has 17 heavy (non-hydrogen) atoms. The Labute approximate surface area is 105 Å². The molecule has 4 nitrogen and oxygen atoms in total. The van der Waals surface area contributed by atoms with Gasteiger partial charge in [0.15, 0.2) is 0 Å². The maximum absolute atomic E-state index is 11.6. The average molecular weight is 245 g/mol. The van der Waals surface area contributed by atoms with Crippen LogP contribution in [0, 0.1) is 11.3 Å². The van der Waals surface area contributed by atoms with Gasteiger partial charge >= 0.3 is 5.97 Å². The van der Waals surface area contributed by atoms with Crippen LogP contribution < -0.4 is 5.32 Å². The van der Waals surface area contributed by atoms with Crippen LogP contribution in [-0.2, 0) is 9.53 Å². The second-order valence-corrected chi connectivity index (χ2v) is 5.41. The molecule has 0 amide bonds. The molecule has 0 saturated carbocycles. The predicted molar refractivity (Wildman–Crippen MR) is 68.7 cm³/mol. The van der Waals surface area contributed by atoms with Crippen molar-refractivity contribution in [3.63, 3.8) is 0 Å². The highest BCUT2D eigenvalue weighted by atomic mass is 16.5. The molecule has 2 N–H and O–H groups in total. The van der Waals surface area contributed by atoms with E-state index in [-0.39, 0.29) is 24.0 Å². The predicted octanol–water partition coefficient (Wildman–Crippen LogP) is 1.57. The molecule has 4 heteroatoms. The van der Waals surface area contributed by atoms with Gasteiger partial charge in [-0.15, -0.1) is 0 Å². The highest BCUT2D eigenvalue weighted by molar-refractivity contribution is 5.75. The second-order valence-electron chi connectivity index (χ2n) is 5.41. The van der Waals surface area contributed by atoms with Crippen molar-refractivity contribution in [3.8, 4) is 0 Å². The summed E-state index contributed by atoms with van der Waals surface area (Å²) in [5.41, 5.74) is -0.177. The third-order valence-electron chi connectivity index (χ3n) is 3.20. The zero-order valence-electron chi connectivity index (χ0n) is 11.7. The van der Waals surface area contributed by atoms with Crippen LogP contribution in [0.15, 0.2) is 0 Å². The fraction of sp³-hybridized carbons (Fsp3) is 0.923. The summed E-state index contributed by atoms with van der Waals surface area (Å²) in [7, 11) is 1.41. The van der Waals surface area contributed by atoms with Gasteiger partial charge in [-0.3, -0.25) is 4.79 Å². The summed E-state index contributed by atoms with van der Waals surface area (Å²) in [6.45, 7) is 8.92. The number of hydrogen-bond acceptors (Lipinski definition) is 4. The molecule has 0 aromatic rings. The Kier molecular flexibility index (Phi) is 7.39. The first-order valence-corrected chi connectivity index (χ1v) is 6.30. The second kappa shape index (κ2) is 7.67. The topological polar surface area (TPSA) is 58.6 Å². The van der Waals surface area contributed by atoms with E-state index in [2.05, 4.69) is 19.2 Å². The maximum atomic E-state index is 11.6. The summed E-state index contributed by atoms with van der Waals surface area (Å²) in [5.74, 6) is 0.198. The number of hydrogen-bond donors (Lipinski definition) is 2. The fourth-order valence-electron chi connectivity index (χ4n) is 1.54. The molecule has 2 atom stereocenters. The number of carbonyl (C=O) groups is 1. The van der Waals surface area contributed by atoms with Gasteiger partial charge in [-0.05, 0) is 18.8 Å². The van der Waals surface area contributed by atoms with Crippen LogP contribution in [0.4, 0.5) is 0 Å². The number of methoxy groups -OCH3 is 1. The molecule has 0 aromatic heterocycles. The number of rotatable bonds is 8. The van der Waals surface area contributed by atoms with Crippen molar-refractivity contribution in [3.05, 3.63) is 0 Å². The first kappa shape index (κ1) is 16.4. The Balaban J connectivity index is 4.39. The number of aliphatic hydroxyl groups excluding tert-OH is 1. The minimum atomic E-state index is -0.280. The van der Waals surface area contributed by atoms with Gasteiger partial charge in [-0.25, -0.2) is 0 Å². The SMILES string of the molecule is CCC(C)(CO)CNC(CC(C)C)C(=O)OC. The van der Waals surface area contributed by atoms with Crippen LogP contribution in [0.2, 0.25) is 0 Å².